The zero-order chi connectivity index (χ0) is 18.8. The highest BCUT2D eigenvalue weighted by Gasteiger charge is 2.24. The second-order valence-corrected chi connectivity index (χ2v) is 7.37. The number of benzene rings is 1. The Bertz CT molecular complexity index is 950. The van der Waals surface area contributed by atoms with E-state index in [9.17, 15) is 9.18 Å². The van der Waals surface area contributed by atoms with Crippen molar-refractivity contribution in [2.45, 2.75) is 0 Å². The van der Waals surface area contributed by atoms with Gasteiger partial charge in [-0.1, -0.05) is 11.3 Å². The van der Waals surface area contributed by atoms with Crippen molar-refractivity contribution in [1.82, 2.24) is 19.7 Å². The van der Waals surface area contributed by atoms with Crippen molar-refractivity contribution in [2.24, 2.45) is 7.05 Å². The van der Waals surface area contributed by atoms with Gasteiger partial charge in [0.1, 0.15) is 11.5 Å². The molecule has 27 heavy (non-hydrogen) atoms. The van der Waals surface area contributed by atoms with Gasteiger partial charge < -0.3 is 4.74 Å². The van der Waals surface area contributed by atoms with Crippen molar-refractivity contribution < 1.29 is 13.9 Å². The SMILES string of the molecule is Cn1nccc1C(=O)N(CCN1CCOCC1)c1nc2ccc(F)cc2s1. The largest absolute Gasteiger partial charge is 0.379 e. The number of nitrogens with zero attached hydrogens (tertiary/aromatic N) is 5. The number of morpholine rings is 1. The summed E-state index contributed by atoms with van der Waals surface area (Å²) < 4.78 is 21.2. The summed E-state index contributed by atoms with van der Waals surface area (Å²) in [5.41, 5.74) is 1.17. The van der Waals surface area contributed by atoms with Crippen LogP contribution < -0.4 is 4.90 Å². The molecule has 7 nitrogen and oxygen atoms in total. The Kier molecular flexibility index (Phi) is 5.15. The standard InChI is InChI=1S/C18H20FN5O2S/c1-22-15(4-5-20-22)17(25)24(7-6-23-8-10-26-11-9-23)18-21-14-3-2-13(19)12-16(14)27-18/h2-5,12H,6-11H2,1H3. The minimum Gasteiger partial charge on any atom is -0.379 e. The Morgan fingerprint density at radius 1 is 1.33 bits per heavy atom. The predicted octanol–water partition coefficient (Wildman–Crippen LogP) is 2.15. The van der Waals surface area contributed by atoms with E-state index < -0.39 is 0 Å². The molecule has 0 unspecified atom stereocenters. The maximum absolute atomic E-state index is 13.5. The van der Waals surface area contributed by atoms with Gasteiger partial charge in [0.05, 0.1) is 23.4 Å². The lowest BCUT2D eigenvalue weighted by atomic mass is 10.3. The Morgan fingerprint density at radius 2 is 2.15 bits per heavy atom. The molecule has 0 N–H and O–H groups in total. The molecule has 9 heteroatoms. The van der Waals surface area contributed by atoms with E-state index >= 15 is 0 Å². The third-order valence-corrected chi connectivity index (χ3v) is 5.64. The smallest absolute Gasteiger partial charge is 0.278 e. The van der Waals surface area contributed by atoms with E-state index in [1.165, 1.54) is 23.5 Å². The summed E-state index contributed by atoms with van der Waals surface area (Å²) in [6.07, 6.45) is 1.60. The summed E-state index contributed by atoms with van der Waals surface area (Å²) in [6, 6.07) is 6.16. The quantitative estimate of drug-likeness (QED) is 0.669. The number of thiazole rings is 1. The Hall–Kier alpha value is -2.36. The van der Waals surface area contributed by atoms with Crippen LogP contribution in [0, 0.1) is 5.82 Å². The molecule has 1 aliphatic rings. The normalized spacial score (nSPS) is 15.3. The van der Waals surface area contributed by atoms with E-state index in [1.54, 1.807) is 35.0 Å². The molecule has 1 fully saturated rings. The first-order chi connectivity index (χ1) is 13.1. The third-order valence-electron chi connectivity index (χ3n) is 4.60. The van der Waals surface area contributed by atoms with Crippen LogP contribution in [0.5, 0.6) is 0 Å². The molecule has 0 atom stereocenters. The van der Waals surface area contributed by atoms with Gasteiger partial charge in [-0.25, -0.2) is 9.37 Å². The molecule has 0 bridgehead atoms. The monoisotopic (exact) mass is 389 g/mol. The van der Waals surface area contributed by atoms with E-state index in [4.69, 9.17) is 4.74 Å². The number of hydrogen-bond acceptors (Lipinski definition) is 6. The molecule has 0 aliphatic carbocycles. The number of anilines is 1. The minimum atomic E-state index is -0.310. The van der Waals surface area contributed by atoms with Crippen LogP contribution in [0.4, 0.5) is 9.52 Å². The van der Waals surface area contributed by atoms with E-state index in [1.807, 2.05) is 0 Å². The fraction of sp³-hybridized carbons (Fsp3) is 0.389. The summed E-state index contributed by atoms with van der Waals surface area (Å²) >= 11 is 1.32. The average molecular weight is 389 g/mol. The summed E-state index contributed by atoms with van der Waals surface area (Å²) in [5, 5.41) is 4.66. The van der Waals surface area contributed by atoms with Crippen LogP contribution in [0.15, 0.2) is 30.5 Å². The molecule has 0 saturated carbocycles. The fourth-order valence-electron chi connectivity index (χ4n) is 3.07. The number of halogens is 1. The summed E-state index contributed by atoms with van der Waals surface area (Å²) in [7, 11) is 1.74. The van der Waals surface area contributed by atoms with Gasteiger partial charge in [-0.3, -0.25) is 19.3 Å². The van der Waals surface area contributed by atoms with Gasteiger partial charge in [0.2, 0.25) is 0 Å². The highest BCUT2D eigenvalue weighted by molar-refractivity contribution is 7.22. The van der Waals surface area contributed by atoms with Gasteiger partial charge in [0.15, 0.2) is 5.13 Å². The van der Waals surface area contributed by atoms with Crippen LogP contribution in [-0.2, 0) is 11.8 Å². The number of carbonyl (C=O) groups excluding carboxylic acids is 1. The van der Waals surface area contributed by atoms with Crippen LogP contribution in [0.25, 0.3) is 10.2 Å². The lowest BCUT2D eigenvalue weighted by molar-refractivity contribution is 0.0391. The fourth-order valence-corrected chi connectivity index (χ4v) is 4.09. The van der Waals surface area contributed by atoms with Crippen LogP contribution in [0.2, 0.25) is 0 Å². The van der Waals surface area contributed by atoms with Gasteiger partial charge >= 0.3 is 0 Å². The summed E-state index contributed by atoms with van der Waals surface area (Å²) in [5.74, 6) is -0.474. The number of hydrogen-bond donors (Lipinski definition) is 0. The summed E-state index contributed by atoms with van der Waals surface area (Å²) in [4.78, 5) is 21.6. The molecule has 142 valence electrons. The number of carbonyl (C=O) groups is 1. The van der Waals surface area contributed by atoms with Gasteiger partial charge in [0, 0.05) is 39.4 Å². The molecule has 3 heterocycles. The average Bonchev–Trinajstić information content (AvgIpc) is 3.28. The Balaban J connectivity index is 1.63. The van der Waals surface area contributed by atoms with Crippen molar-refractivity contribution in [3.63, 3.8) is 0 Å². The molecule has 4 rings (SSSR count). The first-order valence-electron chi connectivity index (χ1n) is 8.78. The van der Waals surface area contributed by atoms with E-state index in [2.05, 4.69) is 15.0 Å². The lowest BCUT2D eigenvalue weighted by Crippen LogP contribution is -2.43. The number of ether oxygens (including phenoxy) is 1. The van der Waals surface area contributed by atoms with Crippen LogP contribution in [-0.4, -0.2) is 65.0 Å². The van der Waals surface area contributed by atoms with Gasteiger partial charge in [-0.15, -0.1) is 0 Å². The van der Waals surface area contributed by atoms with Crippen LogP contribution >= 0.6 is 11.3 Å². The highest BCUT2D eigenvalue weighted by atomic mass is 32.1. The van der Waals surface area contributed by atoms with E-state index in [-0.39, 0.29) is 11.7 Å². The highest BCUT2D eigenvalue weighted by Crippen LogP contribution is 2.30. The molecule has 1 aliphatic heterocycles. The third kappa shape index (κ3) is 3.85. The molecular weight excluding hydrogens is 369 g/mol. The molecule has 3 aromatic rings. The maximum Gasteiger partial charge on any atom is 0.278 e. The molecule has 1 amide bonds. The first-order valence-corrected chi connectivity index (χ1v) is 9.59. The Labute approximate surface area is 160 Å². The zero-order valence-electron chi connectivity index (χ0n) is 15.0. The number of aryl methyl sites for hydroxylation is 1. The maximum atomic E-state index is 13.5. The van der Waals surface area contributed by atoms with E-state index in [0.29, 0.717) is 36.1 Å². The van der Waals surface area contributed by atoms with E-state index in [0.717, 1.165) is 24.3 Å². The molecule has 0 radical (unpaired) electrons. The first kappa shape index (κ1) is 18.0. The second kappa shape index (κ2) is 7.71. The van der Waals surface area contributed by atoms with Gasteiger partial charge in [-0.2, -0.15) is 5.10 Å². The minimum absolute atomic E-state index is 0.164. The second-order valence-electron chi connectivity index (χ2n) is 6.36. The van der Waals surface area contributed by atoms with Gasteiger partial charge in [-0.05, 0) is 24.3 Å². The van der Waals surface area contributed by atoms with Crippen LogP contribution in [0.1, 0.15) is 10.5 Å². The lowest BCUT2D eigenvalue weighted by Gasteiger charge is -2.29. The van der Waals surface area contributed by atoms with Crippen molar-refractivity contribution in [2.75, 3.05) is 44.3 Å². The molecule has 2 aromatic heterocycles. The van der Waals surface area contributed by atoms with Crippen molar-refractivity contribution in [3.05, 3.63) is 42.0 Å². The van der Waals surface area contributed by atoms with Gasteiger partial charge in [0.25, 0.3) is 5.91 Å². The molecule has 1 saturated heterocycles. The predicted molar refractivity (Wildman–Crippen MR) is 102 cm³/mol. The molecular formula is C18H20FN5O2S. The number of fused-ring (bicyclic) bond motifs is 1. The topological polar surface area (TPSA) is 63.5 Å². The molecule has 1 aromatic carbocycles. The summed E-state index contributed by atoms with van der Waals surface area (Å²) in [6.45, 7) is 4.31. The molecule has 0 spiro atoms. The number of rotatable bonds is 5. The zero-order valence-corrected chi connectivity index (χ0v) is 15.8. The van der Waals surface area contributed by atoms with Crippen molar-refractivity contribution >= 4 is 32.6 Å². The van der Waals surface area contributed by atoms with Crippen molar-refractivity contribution in [3.8, 4) is 0 Å². The van der Waals surface area contributed by atoms with Crippen LogP contribution in [0.3, 0.4) is 0 Å². The number of amides is 1. The Morgan fingerprint density at radius 3 is 2.89 bits per heavy atom. The number of aromatic nitrogens is 3. The van der Waals surface area contributed by atoms with Crippen molar-refractivity contribution in [1.29, 1.82) is 0 Å².